The molecule has 7 nitrogen and oxygen atoms in total. The van der Waals surface area contributed by atoms with E-state index in [4.69, 9.17) is 5.73 Å². The van der Waals surface area contributed by atoms with Gasteiger partial charge in [0.2, 0.25) is 5.95 Å². The Morgan fingerprint density at radius 3 is 2.70 bits per heavy atom. The molecule has 0 unspecified atom stereocenters. The standard InChI is InChI=1S/C20H25N7/c1-13-11-14(2)23-19-17(13)18(21)25-20(26-19)24-15-6-9-27(10-7-15)12-16-5-3-4-8-22-16/h3-5,8,11,15H,6-7,9-10,12H2,1-2H3,(H3,21,23,24,25,26). The first kappa shape index (κ1) is 17.6. The minimum atomic E-state index is 0.340. The number of nitrogens with one attached hydrogen (secondary N) is 1. The summed E-state index contributed by atoms with van der Waals surface area (Å²) in [7, 11) is 0. The molecule has 0 spiro atoms. The summed E-state index contributed by atoms with van der Waals surface area (Å²) in [6.45, 7) is 6.92. The molecule has 140 valence electrons. The van der Waals surface area contributed by atoms with E-state index >= 15 is 0 Å². The minimum Gasteiger partial charge on any atom is -0.383 e. The molecule has 1 fully saturated rings. The van der Waals surface area contributed by atoms with Gasteiger partial charge in [-0.3, -0.25) is 9.88 Å². The van der Waals surface area contributed by atoms with Crippen LogP contribution in [0, 0.1) is 13.8 Å². The number of nitrogen functional groups attached to an aromatic ring is 1. The summed E-state index contributed by atoms with van der Waals surface area (Å²) in [4.78, 5) is 20.4. The lowest BCUT2D eigenvalue weighted by molar-refractivity contribution is 0.209. The Morgan fingerprint density at radius 1 is 1.15 bits per heavy atom. The highest BCUT2D eigenvalue weighted by Crippen LogP contribution is 2.24. The second-order valence-corrected chi connectivity index (χ2v) is 7.23. The third-order valence-corrected chi connectivity index (χ3v) is 5.05. The summed E-state index contributed by atoms with van der Waals surface area (Å²) in [5.74, 6) is 1.06. The van der Waals surface area contributed by atoms with Gasteiger partial charge in [-0.05, 0) is 50.5 Å². The van der Waals surface area contributed by atoms with E-state index in [0.29, 0.717) is 23.5 Å². The van der Waals surface area contributed by atoms with Crippen LogP contribution in [0.4, 0.5) is 11.8 Å². The summed E-state index contributed by atoms with van der Waals surface area (Å²) in [6.07, 6.45) is 3.92. The number of hydrogen-bond acceptors (Lipinski definition) is 7. The van der Waals surface area contributed by atoms with Crippen LogP contribution in [0.1, 0.15) is 29.8 Å². The van der Waals surface area contributed by atoms with E-state index < -0.39 is 0 Å². The quantitative estimate of drug-likeness (QED) is 0.736. The lowest BCUT2D eigenvalue weighted by Gasteiger charge is -2.32. The molecule has 0 amide bonds. The number of fused-ring (bicyclic) bond motifs is 1. The normalized spacial score (nSPS) is 15.9. The molecular weight excluding hydrogens is 338 g/mol. The van der Waals surface area contributed by atoms with Gasteiger partial charge in [-0.25, -0.2) is 4.98 Å². The van der Waals surface area contributed by atoms with E-state index in [1.807, 2.05) is 38.2 Å². The minimum absolute atomic E-state index is 0.340. The Kier molecular flexibility index (Phi) is 4.85. The predicted octanol–water partition coefficient (Wildman–Crippen LogP) is 2.70. The summed E-state index contributed by atoms with van der Waals surface area (Å²) >= 11 is 0. The van der Waals surface area contributed by atoms with E-state index in [1.54, 1.807) is 0 Å². The van der Waals surface area contributed by atoms with E-state index in [1.165, 1.54) is 0 Å². The zero-order chi connectivity index (χ0) is 18.8. The Bertz CT molecular complexity index is 934. The van der Waals surface area contributed by atoms with Crippen molar-refractivity contribution in [3.8, 4) is 0 Å². The van der Waals surface area contributed by atoms with Crippen LogP contribution < -0.4 is 11.1 Å². The van der Waals surface area contributed by atoms with Crippen LogP contribution in [0.25, 0.3) is 11.0 Å². The smallest absolute Gasteiger partial charge is 0.226 e. The van der Waals surface area contributed by atoms with Gasteiger partial charge >= 0.3 is 0 Å². The van der Waals surface area contributed by atoms with Gasteiger partial charge in [0, 0.05) is 37.6 Å². The van der Waals surface area contributed by atoms with Crippen LogP contribution >= 0.6 is 0 Å². The van der Waals surface area contributed by atoms with E-state index in [9.17, 15) is 0 Å². The molecule has 1 saturated heterocycles. The molecule has 1 aliphatic heterocycles. The summed E-state index contributed by atoms with van der Waals surface area (Å²) in [6, 6.07) is 8.41. The summed E-state index contributed by atoms with van der Waals surface area (Å²) < 4.78 is 0. The maximum absolute atomic E-state index is 6.17. The molecule has 27 heavy (non-hydrogen) atoms. The van der Waals surface area contributed by atoms with Crippen LogP contribution in [0.15, 0.2) is 30.5 Å². The molecular formula is C20H25N7. The number of aryl methyl sites for hydroxylation is 2. The number of piperidine rings is 1. The highest BCUT2D eigenvalue weighted by atomic mass is 15.2. The van der Waals surface area contributed by atoms with E-state index in [2.05, 4.69) is 36.2 Å². The molecule has 7 heteroatoms. The largest absolute Gasteiger partial charge is 0.383 e. The van der Waals surface area contributed by atoms with Gasteiger partial charge in [-0.15, -0.1) is 0 Å². The second kappa shape index (κ2) is 7.44. The molecule has 4 rings (SSSR count). The first-order valence-corrected chi connectivity index (χ1v) is 9.39. The molecule has 0 aliphatic carbocycles. The van der Waals surface area contributed by atoms with Crippen molar-refractivity contribution >= 4 is 22.8 Å². The highest BCUT2D eigenvalue weighted by Gasteiger charge is 2.21. The van der Waals surface area contributed by atoms with Crippen LogP contribution in [0.5, 0.6) is 0 Å². The first-order chi connectivity index (χ1) is 13.1. The van der Waals surface area contributed by atoms with Gasteiger partial charge in [0.15, 0.2) is 5.65 Å². The molecule has 0 atom stereocenters. The number of nitrogens with zero attached hydrogens (tertiary/aromatic N) is 5. The monoisotopic (exact) mass is 363 g/mol. The number of anilines is 2. The van der Waals surface area contributed by atoms with Crippen molar-refractivity contribution in [2.45, 2.75) is 39.3 Å². The average molecular weight is 363 g/mol. The fourth-order valence-electron chi connectivity index (χ4n) is 3.71. The van der Waals surface area contributed by atoms with Crippen molar-refractivity contribution < 1.29 is 0 Å². The summed E-state index contributed by atoms with van der Waals surface area (Å²) in [5.41, 5.74) is 9.95. The molecule has 4 heterocycles. The zero-order valence-electron chi connectivity index (χ0n) is 15.8. The Labute approximate surface area is 159 Å². The number of hydrogen-bond donors (Lipinski definition) is 2. The second-order valence-electron chi connectivity index (χ2n) is 7.23. The van der Waals surface area contributed by atoms with Gasteiger partial charge < -0.3 is 11.1 Å². The maximum Gasteiger partial charge on any atom is 0.226 e. The number of pyridine rings is 2. The van der Waals surface area contributed by atoms with Crippen molar-refractivity contribution in [2.24, 2.45) is 0 Å². The van der Waals surface area contributed by atoms with Gasteiger partial charge in [0.1, 0.15) is 5.82 Å². The van der Waals surface area contributed by atoms with Crippen molar-refractivity contribution in [1.29, 1.82) is 0 Å². The van der Waals surface area contributed by atoms with Crippen molar-refractivity contribution in [2.75, 3.05) is 24.1 Å². The lowest BCUT2D eigenvalue weighted by atomic mass is 10.0. The van der Waals surface area contributed by atoms with Crippen LogP contribution in [-0.4, -0.2) is 44.0 Å². The number of likely N-dealkylation sites (tertiary alicyclic amines) is 1. The van der Waals surface area contributed by atoms with E-state index in [0.717, 1.165) is 54.8 Å². The molecule has 3 aromatic heterocycles. The van der Waals surface area contributed by atoms with Crippen LogP contribution in [0.2, 0.25) is 0 Å². The first-order valence-electron chi connectivity index (χ1n) is 9.39. The molecule has 3 N–H and O–H groups in total. The fraction of sp³-hybridized carbons (Fsp3) is 0.400. The molecule has 1 aliphatic rings. The van der Waals surface area contributed by atoms with Gasteiger partial charge in [0.25, 0.3) is 0 Å². The van der Waals surface area contributed by atoms with Crippen molar-refractivity contribution in [1.82, 2.24) is 24.8 Å². The highest BCUT2D eigenvalue weighted by molar-refractivity contribution is 5.89. The Morgan fingerprint density at radius 2 is 1.96 bits per heavy atom. The fourth-order valence-corrected chi connectivity index (χ4v) is 3.71. The maximum atomic E-state index is 6.17. The van der Waals surface area contributed by atoms with Crippen molar-refractivity contribution in [3.05, 3.63) is 47.4 Å². The SMILES string of the molecule is Cc1cc(C)c2c(N)nc(NC3CCN(Cc4ccccn4)CC3)nc2n1. The van der Waals surface area contributed by atoms with Gasteiger partial charge in [-0.2, -0.15) is 9.97 Å². The number of rotatable bonds is 4. The predicted molar refractivity (Wildman–Crippen MR) is 107 cm³/mol. The summed E-state index contributed by atoms with van der Waals surface area (Å²) in [5, 5.41) is 4.30. The van der Waals surface area contributed by atoms with Crippen LogP contribution in [-0.2, 0) is 6.54 Å². The van der Waals surface area contributed by atoms with Gasteiger partial charge in [0.05, 0.1) is 11.1 Å². The molecule has 0 saturated carbocycles. The van der Waals surface area contributed by atoms with E-state index in [-0.39, 0.29) is 0 Å². The molecule has 0 radical (unpaired) electrons. The van der Waals surface area contributed by atoms with Crippen molar-refractivity contribution in [3.63, 3.8) is 0 Å². The topological polar surface area (TPSA) is 92.8 Å². The van der Waals surface area contributed by atoms with Crippen LogP contribution in [0.3, 0.4) is 0 Å². The molecule has 3 aromatic rings. The third-order valence-electron chi connectivity index (χ3n) is 5.05. The number of nitrogens with two attached hydrogens (primary N) is 1. The molecule has 0 bridgehead atoms. The lowest BCUT2D eigenvalue weighted by Crippen LogP contribution is -2.39. The molecule has 0 aromatic carbocycles. The Balaban J connectivity index is 1.42. The average Bonchev–Trinajstić information content (AvgIpc) is 2.63. The Hall–Kier alpha value is -2.80. The third kappa shape index (κ3) is 3.98. The zero-order valence-corrected chi connectivity index (χ0v) is 15.8. The van der Waals surface area contributed by atoms with Gasteiger partial charge in [-0.1, -0.05) is 6.07 Å². The number of aromatic nitrogens is 4.